The molecule has 45 valence electrons. The van der Waals surface area contributed by atoms with Gasteiger partial charge >= 0.3 is 0 Å². The molecule has 0 aliphatic heterocycles. The molecule has 2 heteroatoms. The van der Waals surface area contributed by atoms with Gasteiger partial charge in [-0.15, -0.1) is 0 Å². The lowest BCUT2D eigenvalue weighted by molar-refractivity contribution is -0.108. The van der Waals surface area contributed by atoms with E-state index in [-0.39, 0.29) is 0 Å². The summed E-state index contributed by atoms with van der Waals surface area (Å²) in [5.74, 6) is 0.733. The van der Waals surface area contributed by atoms with E-state index in [4.69, 9.17) is 0 Å². The van der Waals surface area contributed by atoms with Crippen molar-refractivity contribution in [3.8, 4) is 0 Å². The monoisotopic (exact) mass is 113 g/mol. The van der Waals surface area contributed by atoms with Crippen molar-refractivity contribution < 1.29 is 9.59 Å². The summed E-state index contributed by atoms with van der Waals surface area (Å²) in [6.45, 7) is 1.72. The second-order valence-corrected chi connectivity index (χ2v) is 1.67. The summed E-state index contributed by atoms with van der Waals surface area (Å²) >= 11 is 0. The van der Waals surface area contributed by atoms with E-state index in [0.29, 0.717) is 12.8 Å². The van der Waals surface area contributed by atoms with E-state index in [1.54, 1.807) is 6.92 Å². The van der Waals surface area contributed by atoms with Crippen molar-refractivity contribution in [1.82, 2.24) is 0 Å². The lowest BCUT2D eigenvalue weighted by Gasteiger charge is -1.93. The van der Waals surface area contributed by atoms with Crippen molar-refractivity contribution in [3.05, 3.63) is 5.92 Å². The first-order chi connectivity index (χ1) is 3.81. The quantitative estimate of drug-likeness (QED) is 0.504. The summed E-state index contributed by atoms with van der Waals surface area (Å²) in [7, 11) is 0. The first kappa shape index (κ1) is 7.34. The van der Waals surface area contributed by atoms with Gasteiger partial charge in [0.25, 0.3) is 0 Å². The van der Waals surface area contributed by atoms with Crippen LogP contribution in [-0.2, 0) is 9.59 Å². The van der Waals surface area contributed by atoms with Gasteiger partial charge in [-0.05, 0) is 6.42 Å². The van der Waals surface area contributed by atoms with Crippen molar-refractivity contribution >= 4 is 12.6 Å². The van der Waals surface area contributed by atoms with Gasteiger partial charge < -0.3 is 9.59 Å². The summed E-state index contributed by atoms with van der Waals surface area (Å²) in [6.07, 6.45) is 2.66. The minimum Gasteiger partial charge on any atom is -0.303 e. The van der Waals surface area contributed by atoms with Crippen molar-refractivity contribution in [3.63, 3.8) is 0 Å². The molecule has 0 N–H and O–H groups in total. The van der Waals surface area contributed by atoms with Crippen LogP contribution in [0.3, 0.4) is 0 Å². The smallest absolute Gasteiger partial charge is 0.126 e. The SMILES string of the molecule is C[C](C=O)CCC=O. The summed E-state index contributed by atoms with van der Waals surface area (Å²) in [5.41, 5.74) is 0. The van der Waals surface area contributed by atoms with Crippen LogP contribution in [0.15, 0.2) is 0 Å². The van der Waals surface area contributed by atoms with Crippen LogP contribution >= 0.6 is 0 Å². The van der Waals surface area contributed by atoms with E-state index in [0.717, 1.165) is 18.5 Å². The Morgan fingerprint density at radius 3 is 2.50 bits per heavy atom. The molecule has 8 heavy (non-hydrogen) atoms. The number of hydrogen-bond donors (Lipinski definition) is 0. The molecule has 0 aliphatic carbocycles. The third-order valence-corrected chi connectivity index (χ3v) is 0.858. The van der Waals surface area contributed by atoms with Gasteiger partial charge in [-0.3, -0.25) is 0 Å². The molecule has 0 atom stereocenters. The van der Waals surface area contributed by atoms with Crippen LogP contribution < -0.4 is 0 Å². The zero-order chi connectivity index (χ0) is 6.41. The van der Waals surface area contributed by atoms with Crippen LogP contribution in [0.2, 0.25) is 0 Å². The molecule has 0 aromatic carbocycles. The Hall–Kier alpha value is -0.660. The van der Waals surface area contributed by atoms with Gasteiger partial charge in [0.15, 0.2) is 0 Å². The molecule has 0 bridgehead atoms. The molecule has 0 heterocycles. The average molecular weight is 113 g/mol. The van der Waals surface area contributed by atoms with E-state index in [1.165, 1.54) is 0 Å². The molecule has 1 radical (unpaired) electrons. The number of carbonyl (C=O) groups is 2. The Morgan fingerprint density at radius 2 is 2.12 bits per heavy atom. The predicted molar refractivity (Wildman–Crippen MR) is 30.3 cm³/mol. The fourth-order valence-electron chi connectivity index (χ4n) is 0.346. The summed E-state index contributed by atoms with van der Waals surface area (Å²) in [4.78, 5) is 19.6. The molecule has 0 saturated heterocycles. The van der Waals surface area contributed by atoms with E-state index < -0.39 is 0 Å². The third kappa shape index (κ3) is 3.53. The number of carbonyl (C=O) groups excluding carboxylic acids is 2. The van der Waals surface area contributed by atoms with Gasteiger partial charge in [0, 0.05) is 12.3 Å². The highest BCUT2D eigenvalue weighted by Gasteiger charge is 1.96. The normalized spacial score (nSPS) is 9.25. The van der Waals surface area contributed by atoms with Crippen LogP contribution in [0.1, 0.15) is 19.8 Å². The molecule has 0 spiro atoms. The van der Waals surface area contributed by atoms with Crippen LogP contribution in [0.25, 0.3) is 0 Å². The Labute approximate surface area is 48.9 Å². The first-order valence-corrected chi connectivity index (χ1v) is 2.52. The first-order valence-electron chi connectivity index (χ1n) is 2.52. The van der Waals surface area contributed by atoms with Gasteiger partial charge in [-0.25, -0.2) is 0 Å². The summed E-state index contributed by atoms with van der Waals surface area (Å²) < 4.78 is 0. The van der Waals surface area contributed by atoms with Gasteiger partial charge in [0.05, 0.1) is 0 Å². The summed E-state index contributed by atoms with van der Waals surface area (Å²) in [5, 5.41) is 0. The lowest BCUT2D eigenvalue weighted by atomic mass is 10.1. The van der Waals surface area contributed by atoms with E-state index in [1.807, 2.05) is 0 Å². The number of hydrogen-bond acceptors (Lipinski definition) is 2. The van der Waals surface area contributed by atoms with Crippen LogP contribution in [-0.4, -0.2) is 12.6 Å². The third-order valence-electron chi connectivity index (χ3n) is 0.858. The fraction of sp³-hybridized carbons (Fsp3) is 0.500. The second kappa shape index (κ2) is 4.50. The van der Waals surface area contributed by atoms with Gasteiger partial charge in [0.1, 0.15) is 12.6 Å². The van der Waals surface area contributed by atoms with Gasteiger partial charge in [-0.1, -0.05) is 6.92 Å². The predicted octanol–water partition coefficient (Wildman–Crippen LogP) is 0.759. The van der Waals surface area contributed by atoms with E-state index >= 15 is 0 Å². The van der Waals surface area contributed by atoms with Crippen molar-refractivity contribution in [2.75, 3.05) is 0 Å². The highest BCUT2D eigenvalue weighted by atomic mass is 16.1. The lowest BCUT2D eigenvalue weighted by Crippen LogP contribution is -1.91. The molecule has 2 nitrogen and oxygen atoms in total. The average Bonchev–Trinajstić information content (AvgIpc) is 1.83. The zero-order valence-electron chi connectivity index (χ0n) is 4.89. The second-order valence-electron chi connectivity index (χ2n) is 1.67. The zero-order valence-corrected chi connectivity index (χ0v) is 4.89. The molecule has 0 aliphatic rings. The van der Waals surface area contributed by atoms with Crippen molar-refractivity contribution in [2.24, 2.45) is 0 Å². The van der Waals surface area contributed by atoms with Crippen molar-refractivity contribution in [1.29, 1.82) is 0 Å². The maximum atomic E-state index is 9.86. The minimum absolute atomic E-state index is 0.463. The molecule has 0 rings (SSSR count). The van der Waals surface area contributed by atoms with E-state index in [9.17, 15) is 9.59 Å². The Bertz CT molecular complexity index is 78.6. The van der Waals surface area contributed by atoms with Crippen LogP contribution in [0.4, 0.5) is 0 Å². The topological polar surface area (TPSA) is 34.1 Å². The van der Waals surface area contributed by atoms with E-state index in [2.05, 4.69) is 0 Å². The molecule has 0 saturated carbocycles. The minimum atomic E-state index is 0.463. The Balaban J connectivity index is 3.09. The molecule has 0 amide bonds. The number of aldehydes is 2. The maximum Gasteiger partial charge on any atom is 0.126 e. The highest BCUT2D eigenvalue weighted by Crippen LogP contribution is 2.00. The Kier molecular flexibility index (Phi) is 4.13. The molecule has 0 aromatic rings. The molecule has 0 unspecified atom stereocenters. The van der Waals surface area contributed by atoms with Gasteiger partial charge in [0.2, 0.25) is 0 Å². The number of rotatable bonds is 4. The van der Waals surface area contributed by atoms with Crippen molar-refractivity contribution in [2.45, 2.75) is 19.8 Å². The standard InChI is InChI=1S/C6H9O2/c1-6(5-8)3-2-4-7/h4-5H,2-3H2,1H3. The molecule has 0 aromatic heterocycles. The highest BCUT2D eigenvalue weighted by molar-refractivity contribution is 5.68. The van der Waals surface area contributed by atoms with Crippen LogP contribution in [0.5, 0.6) is 0 Å². The van der Waals surface area contributed by atoms with Gasteiger partial charge in [-0.2, -0.15) is 0 Å². The fourth-order valence-corrected chi connectivity index (χ4v) is 0.346. The van der Waals surface area contributed by atoms with Crippen LogP contribution in [0, 0.1) is 5.92 Å². The molecular formula is C6H9O2. The largest absolute Gasteiger partial charge is 0.303 e. The summed E-state index contributed by atoms with van der Waals surface area (Å²) in [6, 6.07) is 0. The molecule has 0 fully saturated rings. The molecular weight excluding hydrogens is 104 g/mol. The maximum absolute atomic E-state index is 9.86. The Morgan fingerprint density at radius 1 is 1.50 bits per heavy atom.